The number of fused-ring (bicyclic) bond motifs is 2. The Hall–Kier alpha value is -1.87. The van der Waals surface area contributed by atoms with Crippen molar-refractivity contribution in [3.8, 4) is 0 Å². The van der Waals surface area contributed by atoms with Gasteiger partial charge in [0.1, 0.15) is 30.0 Å². The number of halogens is 1. The van der Waals surface area contributed by atoms with Crippen molar-refractivity contribution >= 4 is 63.1 Å². The van der Waals surface area contributed by atoms with Crippen LogP contribution in [0.1, 0.15) is 130 Å². The third kappa shape index (κ3) is 12.9. The molecule has 2 aromatic heterocycles. The summed E-state index contributed by atoms with van der Waals surface area (Å²) in [4.78, 5) is 66.0. The summed E-state index contributed by atoms with van der Waals surface area (Å²) < 4.78 is 56.1. The van der Waals surface area contributed by atoms with Gasteiger partial charge in [-0.25, -0.2) is 29.2 Å². The van der Waals surface area contributed by atoms with Crippen molar-refractivity contribution in [3.63, 3.8) is 0 Å². The summed E-state index contributed by atoms with van der Waals surface area (Å²) in [6, 6.07) is 2.42. The molecule has 4 fully saturated rings. The van der Waals surface area contributed by atoms with Crippen LogP contribution in [0.15, 0.2) is 69.0 Å². The maximum absolute atomic E-state index is 13.4. The Labute approximate surface area is 457 Å². The second kappa shape index (κ2) is 26.5. The number of ketones is 1. The monoisotopic (exact) mass is 1150 g/mol. The van der Waals surface area contributed by atoms with Gasteiger partial charge in [-0.15, -0.1) is 6.58 Å². The zero-order chi connectivity index (χ0) is 53.1. The molecule has 404 valence electrons. The smallest absolute Gasteiger partial charge is 1.00 e. The molecule has 0 bridgehead atoms. The number of hydrogen-bond acceptors (Lipinski definition) is 14. The van der Waals surface area contributed by atoms with Gasteiger partial charge in [0.25, 0.3) is 11.1 Å². The average Bonchev–Trinajstić information content (AvgIpc) is 3.67. The van der Waals surface area contributed by atoms with Crippen molar-refractivity contribution in [3.05, 3.63) is 98.4 Å². The number of aliphatic hydroxyl groups is 1. The molecule has 1 unspecified atom stereocenters. The summed E-state index contributed by atoms with van der Waals surface area (Å²) in [7, 11) is -11.5. The number of carbonyl (C=O) groups excluding carboxylic acids is 1. The fraction of sp³-hybridized carbons (Fsp3) is 0.708. The molecule has 0 saturated carbocycles. The topological polar surface area (TPSA) is 221 Å². The Bertz CT molecular complexity index is 2330. The van der Waals surface area contributed by atoms with Crippen LogP contribution in [-0.4, -0.2) is 131 Å². The standard InChI is InChI=1S/C24H42N2O7Si2.C21H36N2O7Si2.C3H5.BrH.Mg/c1-10-12-24(29)21-19(31-22(24)26-13-11-20(27)25-23(26)28)14-30-34(15(2)3,16(4)5)33-35(32-21,17(6)7)18(8)9;1-12(2)31(13(3)4)27-11-16-19(29-32(30-31,14(5)6)15(7)8)18(25)20(28-16)23-10-9-17(24)22-21(23)26;1-3-2;;/h10-11,13,15-19,21-22,29H,1,12,14H2,2-9H3,(H,25,27,28);9-10,12-16,19-20H,11H2,1-8H3,(H,22,24,26);3H,1-2H2;1H;/q;;-1;;+2/p-1/t19-,21+,22-,24?;16-,19+,20-;;;/m11.../s1. The molecule has 4 aliphatic rings. The number of H-pyrrole nitrogens is 2. The summed E-state index contributed by atoms with van der Waals surface area (Å²) in [6.45, 7) is 44.4. The quantitative estimate of drug-likeness (QED) is 0.154. The maximum Gasteiger partial charge on any atom is 2.00 e. The number of nitrogens with zero attached hydrogens (tertiary/aromatic N) is 2. The first-order chi connectivity index (χ1) is 32.5. The largest absolute Gasteiger partial charge is 2.00 e. The third-order valence-electron chi connectivity index (χ3n) is 14.1. The number of aromatic amines is 2. The van der Waals surface area contributed by atoms with E-state index in [4.69, 9.17) is 35.4 Å². The van der Waals surface area contributed by atoms with Crippen molar-refractivity contribution < 1.29 is 62.3 Å². The van der Waals surface area contributed by atoms with E-state index in [1.807, 2.05) is 0 Å². The van der Waals surface area contributed by atoms with E-state index in [0.717, 1.165) is 4.57 Å². The maximum atomic E-state index is 13.4. The molecular formula is C48H83BrMgN4O14Si4. The first-order valence-electron chi connectivity index (χ1n) is 24.8. The van der Waals surface area contributed by atoms with Crippen molar-refractivity contribution in [2.24, 2.45) is 0 Å². The van der Waals surface area contributed by atoms with Crippen LogP contribution in [0, 0.1) is 6.92 Å². The molecular weight excluding hydrogens is 1070 g/mol. The Morgan fingerprint density at radius 2 is 1.03 bits per heavy atom. The number of Topliss-reactive ketones (excluding diaryl/α,β-unsaturated/α-hetero) is 1. The zero-order valence-electron chi connectivity index (χ0n) is 45.5. The van der Waals surface area contributed by atoms with Gasteiger partial charge in [0.2, 0.25) is 5.78 Å². The van der Waals surface area contributed by atoms with Crippen LogP contribution in [0.3, 0.4) is 0 Å². The minimum Gasteiger partial charge on any atom is -1.00 e. The van der Waals surface area contributed by atoms with E-state index in [2.05, 4.69) is 141 Å². The molecule has 72 heavy (non-hydrogen) atoms. The minimum atomic E-state index is -3.02. The molecule has 4 aliphatic heterocycles. The number of nitrogens with one attached hydrogen (secondary N) is 2. The molecule has 0 spiro atoms. The van der Waals surface area contributed by atoms with Crippen LogP contribution in [0.25, 0.3) is 0 Å². The average molecular weight is 1160 g/mol. The summed E-state index contributed by atoms with van der Waals surface area (Å²) in [5.41, 5.74) is -3.12. The number of ether oxygens (including phenoxy) is 2. The van der Waals surface area contributed by atoms with E-state index in [1.54, 1.807) is 6.08 Å². The normalized spacial score (nSPS) is 27.3. The van der Waals surface area contributed by atoms with Crippen molar-refractivity contribution in [2.75, 3.05) is 13.2 Å². The van der Waals surface area contributed by atoms with Gasteiger partial charge >= 0.3 is 68.7 Å². The molecule has 3 N–H and O–H groups in total. The second-order valence-electron chi connectivity index (χ2n) is 21.3. The number of rotatable bonds is 12. The van der Waals surface area contributed by atoms with Crippen LogP contribution in [0.5, 0.6) is 0 Å². The van der Waals surface area contributed by atoms with Crippen molar-refractivity contribution in [2.45, 2.75) is 204 Å². The first-order valence-corrected chi connectivity index (χ1v) is 32.6. The fourth-order valence-corrected chi connectivity index (χ4v) is 32.8. The van der Waals surface area contributed by atoms with Gasteiger partial charge in [0.05, 0.1) is 13.2 Å². The number of allylic oxidation sites excluding steroid dienone is 1. The molecule has 0 amide bonds. The Balaban J connectivity index is 0.000000457. The van der Waals surface area contributed by atoms with E-state index < -0.39 is 99.2 Å². The van der Waals surface area contributed by atoms with Gasteiger partial charge in [0.15, 0.2) is 12.5 Å². The van der Waals surface area contributed by atoms with Crippen LogP contribution in [0.2, 0.25) is 44.3 Å². The molecule has 18 nitrogen and oxygen atoms in total. The number of hydrogen-bond donors (Lipinski definition) is 3. The van der Waals surface area contributed by atoms with Crippen LogP contribution >= 0.6 is 0 Å². The minimum absolute atomic E-state index is 0. The van der Waals surface area contributed by atoms with Crippen molar-refractivity contribution in [1.29, 1.82) is 0 Å². The molecule has 6 rings (SSSR count). The predicted octanol–water partition coefficient (Wildman–Crippen LogP) is 4.29. The molecule has 0 aromatic carbocycles. The molecule has 2 aromatic rings. The fourth-order valence-electron chi connectivity index (χ4n) is 10.4. The SMILES string of the molecule is C=CCC1(O)[C@H]2O[Si](C(C)C)(C(C)C)O[Si](C(C)C)(C(C)C)OC[C@H]2O[C@H]1n1ccc(=O)[nH]c1=O.C=C[CH2-].CC(C)[Si]1(C(C)C)OC[C@H]2O[C@@H](n3ccc(=O)[nH]c3=O)C(=O)[C@H]2O[Si](C(C)C)(C(C)C)O1.[Br-].[Mg+2]. The van der Waals surface area contributed by atoms with Gasteiger partial charge in [-0.3, -0.25) is 33.5 Å². The molecule has 7 atom stereocenters. The Kier molecular flexibility index (Phi) is 24.3. The zero-order valence-corrected chi connectivity index (χ0v) is 52.5. The molecule has 6 heterocycles. The Morgan fingerprint density at radius 3 is 1.40 bits per heavy atom. The molecule has 4 saturated heterocycles. The summed E-state index contributed by atoms with van der Waals surface area (Å²) >= 11 is 0. The third-order valence-corrected chi connectivity index (χ3v) is 34.5. The van der Waals surface area contributed by atoms with Crippen LogP contribution in [0.4, 0.5) is 0 Å². The van der Waals surface area contributed by atoms with E-state index in [0.29, 0.717) is 0 Å². The summed E-state index contributed by atoms with van der Waals surface area (Å²) in [6.07, 6.45) is 0.526. The van der Waals surface area contributed by atoms with Gasteiger partial charge in [-0.05, 0) is 44.3 Å². The number of aromatic nitrogens is 4. The summed E-state index contributed by atoms with van der Waals surface area (Å²) in [5, 5.41) is 12.1. The van der Waals surface area contributed by atoms with Crippen LogP contribution in [-0.2, 0) is 40.2 Å². The predicted molar refractivity (Wildman–Crippen MR) is 284 cm³/mol. The van der Waals surface area contributed by atoms with Gasteiger partial charge in [-0.1, -0.05) is 117 Å². The molecule has 0 radical (unpaired) electrons. The van der Waals surface area contributed by atoms with Crippen LogP contribution < -0.4 is 39.5 Å². The van der Waals surface area contributed by atoms with Gasteiger partial charge < -0.3 is 57.5 Å². The van der Waals surface area contributed by atoms with E-state index in [-0.39, 0.29) is 110 Å². The van der Waals surface area contributed by atoms with Gasteiger partial charge in [0, 0.05) is 30.9 Å². The number of carbonyl (C=O) groups is 1. The molecule has 24 heteroatoms. The van der Waals surface area contributed by atoms with E-state index in [9.17, 15) is 29.1 Å². The van der Waals surface area contributed by atoms with Gasteiger partial charge in [-0.2, -0.15) is 0 Å². The second-order valence-corrected chi connectivity index (χ2v) is 39.0. The van der Waals surface area contributed by atoms with E-state index in [1.165, 1.54) is 35.2 Å². The van der Waals surface area contributed by atoms with Crippen molar-refractivity contribution in [1.82, 2.24) is 19.1 Å². The Morgan fingerprint density at radius 1 is 0.653 bits per heavy atom. The first kappa shape index (κ1) is 66.2. The molecule has 0 aliphatic carbocycles. The summed E-state index contributed by atoms with van der Waals surface area (Å²) in [5.74, 6) is -0.363. The van der Waals surface area contributed by atoms with E-state index >= 15 is 0 Å².